The maximum Gasteiger partial charge on any atom is 0.408 e. The van der Waals surface area contributed by atoms with Crippen LogP contribution in [-0.2, 0) is 16.1 Å². The Balaban J connectivity index is 1.49. The second kappa shape index (κ2) is 9.04. The highest BCUT2D eigenvalue weighted by Gasteiger charge is 2.21. The number of benzene rings is 3. The highest BCUT2D eigenvalue weighted by molar-refractivity contribution is 5.95. The van der Waals surface area contributed by atoms with E-state index in [1.807, 2.05) is 18.2 Å². The molecule has 4 aromatic rings. The van der Waals surface area contributed by atoms with Gasteiger partial charge < -0.3 is 24.3 Å². The lowest BCUT2D eigenvalue weighted by atomic mass is 10.1. The quantitative estimate of drug-likeness (QED) is 0.268. The fourth-order valence-electron chi connectivity index (χ4n) is 3.36. The van der Waals surface area contributed by atoms with Crippen molar-refractivity contribution in [3.05, 3.63) is 82.0 Å². The van der Waals surface area contributed by atoms with Gasteiger partial charge in [0.15, 0.2) is 0 Å². The van der Waals surface area contributed by atoms with Crippen molar-refractivity contribution in [1.29, 1.82) is 0 Å². The van der Waals surface area contributed by atoms with Gasteiger partial charge in [0.2, 0.25) is 5.43 Å². The van der Waals surface area contributed by atoms with Crippen LogP contribution in [0.25, 0.3) is 21.9 Å². The molecule has 0 aliphatic rings. The van der Waals surface area contributed by atoms with Crippen LogP contribution < -0.4 is 15.5 Å². The molecule has 0 aliphatic carbocycles. The molecule has 4 rings (SSSR count). The molecule has 1 amide bonds. The highest BCUT2D eigenvalue weighted by atomic mass is 16.6. The molecule has 0 fully saturated rings. The van der Waals surface area contributed by atoms with Gasteiger partial charge in [-0.1, -0.05) is 42.5 Å². The summed E-state index contributed by atoms with van der Waals surface area (Å²) >= 11 is 0. The van der Waals surface area contributed by atoms with Crippen LogP contribution in [0.4, 0.5) is 4.79 Å². The number of para-hydroxylation sites is 1. The standard InChI is InChI=1S/C25H21NO7/c1-14-7-6-10-18-22(28)21-19(27)11-17(12-20(21)33-23(14)18)32-24(29)15(2)26-25(30)31-13-16-8-4-3-5-9-16/h3-12,15,27H,13H2,1-2H3,(H,26,30)/t15-/m1/s1. The van der Waals surface area contributed by atoms with Crippen LogP contribution >= 0.6 is 0 Å². The van der Waals surface area contributed by atoms with Crippen LogP contribution in [0.3, 0.4) is 0 Å². The number of phenols is 1. The number of phenolic OH excluding ortho intramolecular Hbond substituents is 1. The van der Waals surface area contributed by atoms with Crippen LogP contribution in [-0.4, -0.2) is 23.2 Å². The van der Waals surface area contributed by atoms with E-state index in [9.17, 15) is 19.5 Å². The van der Waals surface area contributed by atoms with Gasteiger partial charge in [-0.25, -0.2) is 9.59 Å². The molecule has 1 heterocycles. The second-order valence-electron chi connectivity index (χ2n) is 7.55. The molecule has 0 saturated carbocycles. The lowest BCUT2D eigenvalue weighted by Crippen LogP contribution is -2.41. The molecule has 8 nitrogen and oxygen atoms in total. The summed E-state index contributed by atoms with van der Waals surface area (Å²) in [6.07, 6.45) is -0.780. The minimum atomic E-state index is -1.03. The summed E-state index contributed by atoms with van der Waals surface area (Å²) in [5.74, 6) is -1.20. The first-order chi connectivity index (χ1) is 15.8. The number of nitrogens with one attached hydrogen (secondary N) is 1. The third-order valence-corrected chi connectivity index (χ3v) is 5.07. The molecule has 0 aliphatic heterocycles. The Morgan fingerprint density at radius 2 is 1.85 bits per heavy atom. The van der Waals surface area contributed by atoms with E-state index in [4.69, 9.17) is 13.9 Å². The van der Waals surface area contributed by atoms with E-state index < -0.39 is 18.1 Å². The van der Waals surface area contributed by atoms with Crippen LogP contribution in [0.5, 0.6) is 11.5 Å². The zero-order chi connectivity index (χ0) is 23.5. The van der Waals surface area contributed by atoms with Crippen LogP contribution in [0.1, 0.15) is 18.1 Å². The molecule has 2 N–H and O–H groups in total. The maximum atomic E-state index is 12.8. The third kappa shape index (κ3) is 4.64. The summed E-state index contributed by atoms with van der Waals surface area (Å²) in [5, 5.41) is 13.1. The third-order valence-electron chi connectivity index (χ3n) is 5.07. The smallest absolute Gasteiger partial charge is 0.408 e. The van der Waals surface area contributed by atoms with E-state index in [2.05, 4.69) is 5.32 Å². The number of alkyl carbamates (subject to hydrolysis) is 1. The summed E-state index contributed by atoms with van der Waals surface area (Å²) in [4.78, 5) is 37.2. The second-order valence-corrected chi connectivity index (χ2v) is 7.55. The van der Waals surface area contributed by atoms with Gasteiger partial charge in [-0.2, -0.15) is 0 Å². The predicted octanol–water partition coefficient (Wildman–Crippen LogP) is 4.18. The normalized spacial score (nSPS) is 11.8. The molecule has 8 heteroatoms. The van der Waals surface area contributed by atoms with E-state index in [0.29, 0.717) is 11.0 Å². The Morgan fingerprint density at radius 3 is 2.61 bits per heavy atom. The number of carbonyl (C=O) groups excluding carboxylic acids is 2. The van der Waals surface area contributed by atoms with Gasteiger partial charge in [0.25, 0.3) is 0 Å². The molecule has 0 spiro atoms. The molecule has 0 saturated heterocycles. The van der Waals surface area contributed by atoms with E-state index in [1.165, 1.54) is 13.0 Å². The topological polar surface area (TPSA) is 115 Å². The predicted molar refractivity (Wildman–Crippen MR) is 121 cm³/mol. The molecule has 168 valence electrons. The number of aryl methyl sites for hydroxylation is 1. The first-order valence-electron chi connectivity index (χ1n) is 10.2. The summed E-state index contributed by atoms with van der Waals surface area (Å²) in [6, 6.07) is 15.7. The molecule has 1 atom stereocenters. The van der Waals surface area contributed by atoms with Crippen molar-refractivity contribution in [1.82, 2.24) is 5.32 Å². The monoisotopic (exact) mass is 447 g/mol. The Hall–Kier alpha value is -4.33. The van der Waals surface area contributed by atoms with E-state index in [1.54, 1.807) is 37.3 Å². The fraction of sp³-hybridized carbons (Fsp3) is 0.160. The van der Waals surface area contributed by atoms with Gasteiger partial charge in [-0.15, -0.1) is 0 Å². The number of hydrogen-bond donors (Lipinski definition) is 2. The first kappa shape index (κ1) is 21.9. The molecular formula is C25H21NO7. The largest absolute Gasteiger partial charge is 0.507 e. The summed E-state index contributed by atoms with van der Waals surface area (Å²) in [6.45, 7) is 3.29. The number of rotatable bonds is 5. The lowest BCUT2D eigenvalue weighted by Gasteiger charge is -2.14. The first-order valence-corrected chi connectivity index (χ1v) is 10.2. The van der Waals surface area contributed by atoms with Crippen molar-refractivity contribution in [2.75, 3.05) is 0 Å². The fourth-order valence-corrected chi connectivity index (χ4v) is 3.36. The molecule has 0 bridgehead atoms. The van der Waals surface area contributed by atoms with Crippen molar-refractivity contribution >= 4 is 34.0 Å². The van der Waals surface area contributed by atoms with Gasteiger partial charge in [0.05, 0.1) is 5.39 Å². The van der Waals surface area contributed by atoms with E-state index in [0.717, 1.165) is 17.2 Å². The van der Waals surface area contributed by atoms with Gasteiger partial charge in [0.1, 0.15) is 40.7 Å². The summed E-state index contributed by atoms with van der Waals surface area (Å²) < 4.78 is 16.2. The van der Waals surface area contributed by atoms with Crippen LogP contribution in [0.15, 0.2) is 69.9 Å². The average Bonchev–Trinajstić information content (AvgIpc) is 2.79. The Bertz CT molecular complexity index is 1410. The maximum absolute atomic E-state index is 12.8. The van der Waals surface area contributed by atoms with Gasteiger partial charge in [-0.3, -0.25) is 4.79 Å². The van der Waals surface area contributed by atoms with E-state index >= 15 is 0 Å². The number of ether oxygens (including phenoxy) is 2. The number of hydrogen-bond acceptors (Lipinski definition) is 7. The van der Waals surface area contributed by atoms with Crippen molar-refractivity contribution < 1.29 is 28.6 Å². The van der Waals surface area contributed by atoms with Gasteiger partial charge in [-0.05, 0) is 31.0 Å². The van der Waals surface area contributed by atoms with E-state index in [-0.39, 0.29) is 34.5 Å². The SMILES string of the molecule is Cc1cccc2c(=O)c3c(O)cc(OC(=O)[C@@H](C)NC(=O)OCc4ccccc4)cc3oc12. The van der Waals surface area contributed by atoms with Crippen molar-refractivity contribution in [2.24, 2.45) is 0 Å². The zero-order valence-corrected chi connectivity index (χ0v) is 18.0. The molecule has 3 aromatic carbocycles. The molecule has 1 aromatic heterocycles. The number of carbonyl (C=O) groups is 2. The Morgan fingerprint density at radius 1 is 1.09 bits per heavy atom. The van der Waals surface area contributed by atoms with Crippen molar-refractivity contribution in [3.8, 4) is 11.5 Å². The summed E-state index contributed by atoms with van der Waals surface area (Å²) in [5.41, 5.74) is 1.63. The van der Waals surface area contributed by atoms with Crippen LogP contribution in [0, 0.1) is 6.92 Å². The minimum absolute atomic E-state index is 0.0106. The molecule has 33 heavy (non-hydrogen) atoms. The minimum Gasteiger partial charge on any atom is -0.507 e. The number of aromatic hydroxyl groups is 1. The summed E-state index contributed by atoms with van der Waals surface area (Å²) in [7, 11) is 0. The number of amides is 1. The molecule has 0 radical (unpaired) electrons. The highest BCUT2D eigenvalue weighted by Crippen LogP contribution is 2.31. The number of fused-ring (bicyclic) bond motifs is 2. The van der Waals surface area contributed by atoms with Crippen LogP contribution in [0.2, 0.25) is 0 Å². The average molecular weight is 447 g/mol. The lowest BCUT2D eigenvalue weighted by molar-refractivity contribution is -0.136. The molecule has 0 unspecified atom stereocenters. The van der Waals surface area contributed by atoms with Crippen molar-refractivity contribution in [2.45, 2.75) is 26.5 Å². The Kier molecular flexibility index (Phi) is 5.99. The zero-order valence-electron chi connectivity index (χ0n) is 18.0. The number of esters is 1. The van der Waals surface area contributed by atoms with Crippen molar-refractivity contribution in [3.63, 3.8) is 0 Å². The van der Waals surface area contributed by atoms with Gasteiger partial charge in [0, 0.05) is 12.1 Å². The Labute approximate surface area is 188 Å². The molecular weight excluding hydrogens is 426 g/mol. The van der Waals surface area contributed by atoms with Gasteiger partial charge >= 0.3 is 12.1 Å².